The van der Waals surface area contributed by atoms with Crippen LogP contribution in [-0.2, 0) is 4.74 Å². The van der Waals surface area contributed by atoms with Crippen LogP contribution < -0.4 is 0 Å². The van der Waals surface area contributed by atoms with Gasteiger partial charge in [-0.1, -0.05) is 12.1 Å². The number of nitrogens with zero attached hydrogens (tertiary/aromatic N) is 2. The molecule has 1 aliphatic rings. The molecule has 1 unspecified atom stereocenters. The van der Waals surface area contributed by atoms with Crippen LogP contribution >= 0.6 is 0 Å². The van der Waals surface area contributed by atoms with Gasteiger partial charge in [0, 0.05) is 0 Å². The summed E-state index contributed by atoms with van der Waals surface area (Å²) in [5.74, 6) is 0. The molecule has 1 aliphatic heterocycles. The smallest absolute Gasteiger partial charge is 0.100 e. The number of hydrogen-bond donors (Lipinski definition) is 1. The summed E-state index contributed by atoms with van der Waals surface area (Å²) in [6, 6.07) is 7.91. The number of imidazole rings is 1. The van der Waals surface area contributed by atoms with Crippen molar-refractivity contribution in [3.05, 3.63) is 30.6 Å². The first-order valence-corrected chi connectivity index (χ1v) is 5.03. The number of fused-ring (bicyclic) bond motifs is 1. The average molecular weight is 204 g/mol. The summed E-state index contributed by atoms with van der Waals surface area (Å²) in [5, 5.41) is 9.75. The van der Waals surface area contributed by atoms with E-state index in [0.717, 1.165) is 11.0 Å². The molecule has 1 aromatic heterocycles. The fourth-order valence-electron chi connectivity index (χ4n) is 2.04. The number of ether oxygens (including phenoxy) is 1. The monoisotopic (exact) mass is 204 g/mol. The second kappa shape index (κ2) is 3.32. The lowest BCUT2D eigenvalue weighted by molar-refractivity contribution is 0.120. The zero-order valence-corrected chi connectivity index (χ0v) is 8.21. The number of aliphatic hydroxyl groups is 1. The Balaban J connectivity index is 2.10. The molecule has 1 fully saturated rings. The van der Waals surface area contributed by atoms with Crippen LogP contribution in [0.2, 0.25) is 0 Å². The Morgan fingerprint density at radius 1 is 1.33 bits per heavy atom. The van der Waals surface area contributed by atoms with E-state index in [-0.39, 0.29) is 6.04 Å². The Morgan fingerprint density at radius 3 is 3.00 bits per heavy atom. The lowest BCUT2D eigenvalue weighted by atomic mass is 10.2. The van der Waals surface area contributed by atoms with E-state index in [9.17, 15) is 5.11 Å². The predicted molar refractivity (Wildman–Crippen MR) is 55.6 cm³/mol. The normalized spacial score (nSPS) is 26.2. The van der Waals surface area contributed by atoms with Crippen molar-refractivity contribution < 1.29 is 9.84 Å². The molecular formula is C11H12N2O2. The van der Waals surface area contributed by atoms with E-state index in [2.05, 4.69) is 4.98 Å². The molecule has 0 amide bonds. The molecule has 2 heterocycles. The van der Waals surface area contributed by atoms with E-state index in [1.807, 2.05) is 28.8 Å². The van der Waals surface area contributed by atoms with E-state index < -0.39 is 6.10 Å². The average Bonchev–Trinajstić information content (AvgIpc) is 2.83. The Bertz CT molecular complexity index is 480. The van der Waals surface area contributed by atoms with Gasteiger partial charge in [0.1, 0.15) is 6.10 Å². The molecule has 0 radical (unpaired) electrons. The topological polar surface area (TPSA) is 47.3 Å². The minimum absolute atomic E-state index is 0.00241. The molecule has 1 N–H and O–H groups in total. The van der Waals surface area contributed by atoms with Crippen molar-refractivity contribution in [1.29, 1.82) is 0 Å². The maximum Gasteiger partial charge on any atom is 0.100 e. The lowest BCUT2D eigenvalue weighted by Gasteiger charge is -2.14. The number of aromatic nitrogens is 2. The summed E-state index contributed by atoms with van der Waals surface area (Å²) in [5.41, 5.74) is 2.00. The number of benzene rings is 1. The van der Waals surface area contributed by atoms with Gasteiger partial charge >= 0.3 is 0 Å². The third-order valence-electron chi connectivity index (χ3n) is 2.86. The first-order valence-electron chi connectivity index (χ1n) is 5.03. The number of rotatable bonds is 1. The predicted octanol–water partition coefficient (Wildman–Crippen LogP) is 0.968. The fraction of sp³-hybridized carbons (Fsp3) is 0.364. The molecule has 4 heteroatoms. The minimum atomic E-state index is -0.428. The van der Waals surface area contributed by atoms with Crippen molar-refractivity contribution in [2.75, 3.05) is 13.2 Å². The first-order chi connectivity index (χ1) is 7.36. The second-order valence-corrected chi connectivity index (χ2v) is 3.81. The molecule has 2 aromatic rings. The van der Waals surface area contributed by atoms with Crippen molar-refractivity contribution in [1.82, 2.24) is 9.55 Å². The van der Waals surface area contributed by atoms with Crippen LogP contribution in [-0.4, -0.2) is 34.0 Å². The van der Waals surface area contributed by atoms with Gasteiger partial charge in [-0.05, 0) is 12.1 Å². The van der Waals surface area contributed by atoms with Gasteiger partial charge in [0.15, 0.2) is 0 Å². The molecule has 0 aliphatic carbocycles. The van der Waals surface area contributed by atoms with E-state index >= 15 is 0 Å². The summed E-state index contributed by atoms with van der Waals surface area (Å²) in [4.78, 5) is 4.29. The highest BCUT2D eigenvalue weighted by Crippen LogP contribution is 2.24. The molecule has 3 rings (SSSR count). The molecule has 0 saturated carbocycles. The molecular weight excluding hydrogens is 192 g/mol. The zero-order valence-electron chi connectivity index (χ0n) is 8.21. The van der Waals surface area contributed by atoms with E-state index in [4.69, 9.17) is 4.74 Å². The Morgan fingerprint density at radius 2 is 2.20 bits per heavy atom. The largest absolute Gasteiger partial charge is 0.388 e. The second-order valence-electron chi connectivity index (χ2n) is 3.81. The van der Waals surface area contributed by atoms with Crippen LogP contribution in [0.1, 0.15) is 6.04 Å². The van der Waals surface area contributed by atoms with Gasteiger partial charge in [0.25, 0.3) is 0 Å². The van der Waals surface area contributed by atoms with Crippen LogP contribution in [0.3, 0.4) is 0 Å². The molecule has 1 saturated heterocycles. The van der Waals surface area contributed by atoms with Crippen LogP contribution in [0, 0.1) is 0 Å². The molecule has 15 heavy (non-hydrogen) atoms. The van der Waals surface area contributed by atoms with E-state index in [1.54, 1.807) is 6.33 Å². The molecule has 4 nitrogen and oxygen atoms in total. The number of hydrogen-bond acceptors (Lipinski definition) is 3. The van der Waals surface area contributed by atoms with Gasteiger partial charge in [-0.3, -0.25) is 0 Å². The van der Waals surface area contributed by atoms with Crippen molar-refractivity contribution in [3.63, 3.8) is 0 Å². The van der Waals surface area contributed by atoms with Gasteiger partial charge in [-0.15, -0.1) is 0 Å². The maximum absolute atomic E-state index is 9.75. The van der Waals surface area contributed by atoms with Crippen LogP contribution in [0.15, 0.2) is 30.6 Å². The molecule has 78 valence electrons. The highest BCUT2D eigenvalue weighted by Gasteiger charge is 2.28. The molecule has 1 aromatic carbocycles. The van der Waals surface area contributed by atoms with Crippen molar-refractivity contribution in [2.45, 2.75) is 12.1 Å². The highest BCUT2D eigenvalue weighted by atomic mass is 16.5. The highest BCUT2D eigenvalue weighted by molar-refractivity contribution is 5.75. The first kappa shape index (κ1) is 8.88. The Hall–Kier alpha value is -1.39. The van der Waals surface area contributed by atoms with Gasteiger partial charge in [0.2, 0.25) is 0 Å². The lowest BCUT2D eigenvalue weighted by Crippen LogP contribution is -2.21. The minimum Gasteiger partial charge on any atom is -0.388 e. The third-order valence-corrected chi connectivity index (χ3v) is 2.86. The summed E-state index contributed by atoms with van der Waals surface area (Å²) in [6.45, 7) is 0.971. The van der Waals surface area contributed by atoms with Crippen LogP contribution in [0.5, 0.6) is 0 Å². The number of aliphatic hydroxyl groups excluding tert-OH is 1. The Kier molecular flexibility index (Phi) is 1.97. The summed E-state index contributed by atoms with van der Waals surface area (Å²) < 4.78 is 7.24. The van der Waals surface area contributed by atoms with Gasteiger partial charge in [0.05, 0.1) is 36.6 Å². The van der Waals surface area contributed by atoms with Crippen LogP contribution in [0.4, 0.5) is 0 Å². The Labute approximate surface area is 87.1 Å². The van der Waals surface area contributed by atoms with E-state index in [1.165, 1.54) is 0 Å². The van der Waals surface area contributed by atoms with Crippen molar-refractivity contribution >= 4 is 11.0 Å². The maximum atomic E-state index is 9.75. The van der Waals surface area contributed by atoms with Crippen molar-refractivity contribution in [3.8, 4) is 0 Å². The third kappa shape index (κ3) is 1.33. The molecule has 2 atom stereocenters. The summed E-state index contributed by atoms with van der Waals surface area (Å²) in [7, 11) is 0. The SMILES string of the molecule is O[C@@H]1COCC1n1cnc2ccccc21. The molecule has 0 bridgehead atoms. The summed E-state index contributed by atoms with van der Waals surface area (Å²) in [6.07, 6.45) is 1.34. The standard InChI is InChI=1S/C11H12N2O2/c14-11-6-15-5-10(11)13-7-12-8-3-1-2-4-9(8)13/h1-4,7,10-11,14H,5-6H2/t10?,11-/m1/s1. The fourth-order valence-corrected chi connectivity index (χ4v) is 2.04. The van der Waals surface area contributed by atoms with E-state index in [0.29, 0.717) is 13.2 Å². The van der Waals surface area contributed by atoms with Crippen LogP contribution in [0.25, 0.3) is 11.0 Å². The summed E-state index contributed by atoms with van der Waals surface area (Å²) >= 11 is 0. The van der Waals surface area contributed by atoms with Gasteiger partial charge in [-0.2, -0.15) is 0 Å². The number of para-hydroxylation sites is 2. The quantitative estimate of drug-likeness (QED) is 0.753. The zero-order chi connectivity index (χ0) is 10.3. The van der Waals surface area contributed by atoms with Gasteiger partial charge < -0.3 is 14.4 Å². The molecule has 0 spiro atoms. The van der Waals surface area contributed by atoms with Crippen molar-refractivity contribution in [2.24, 2.45) is 0 Å². The van der Waals surface area contributed by atoms with Gasteiger partial charge in [-0.25, -0.2) is 4.98 Å².